The van der Waals surface area contributed by atoms with Crippen molar-refractivity contribution in [3.05, 3.63) is 65.0 Å². The Morgan fingerprint density at radius 1 is 1.14 bits per heavy atom. The fraction of sp³-hybridized carbons (Fsp3) is 0.350. The monoisotopic (exact) mass is 382 g/mol. The second-order valence-corrected chi connectivity index (χ2v) is 6.78. The molecular weight excluding hydrogens is 360 g/mol. The Labute approximate surface area is 161 Å². The number of hydrogen-bond donors (Lipinski definition) is 1. The summed E-state index contributed by atoms with van der Waals surface area (Å²) in [6, 6.07) is 12.9. The van der Waals surface area contributed by atoms with E-state index in [2.05, 4.69) is 15.3 Å². The van der Waals surface area contributed by atoms with E-state index in [1.54, 1.807) is 18.4 Å². The number of benzene rings is 1. The summed E-state index contributed by atoms with van der Waals surface area (Å²) in [6.45, 7) is 2.17. The molecule has 3 aromatic rings. The fourth-order valence-corrected chi connectivity index (χ4v) is 3.45. The summed E-state index contributed by atoms with van der Waals surface area (Å²) in [6.07, 6.45) is 3.92. The summed E-state index contributed by atoms with van der Waals surface area (Å²) in [4.78, 5) is 26.7. The van der Waals surface area contributed by atoms with Gasteiger partial charge in [-0.25, -0.2) is 4.79 Å². The highest BCUT2D eigenvalue weighted by Gasteiger charge is 2.26. The number of likely N-dealkylation sites (tertiary alicyclic amines) is 1. The molecule has 1 amide bonds. The maximum absolute atomic E-state index is 12.4. The van der Waals surface area contributed by atoms with Crippen LogP contribution in [0.5, 0.6) is 0 Å². The molecule has 3 heterocycles. The van der Waals surface area contributed by atoms with E-state index in [0.29, 0.717) is 12.1 Å². The predicted octanol–water partition coefficient (Wildman–Crippen LogP) is 2.05. The second-order valence-electron chi connectivity index (χ2n) is 6.78. The van der Waals surface area contributed by atoms with Crippen molar-refractivity contribution in [2.45, 2.75) is 25.4 Å². The zero-order chi connectivity index (χ0) is 19.3. The van der Waals surface area contributed by atoms with E-state index in [-0.39, 0.29) is 24.4 Å². The van der Waals surface area contributed by atoms with Gasteiger partial charge in [-0.15, -0.1) is 5.10 Å². The normalized spacial score (nSPS) is 15.6. The van der Waals surface area contributed by atoms with Crippen LogP contribution < -0.4 is 11.1 Å². The zero-order valence-corrected chi connectivity index (χ0v) is 15.4. The fourth-order valence-electron chi connectivity index (χ4n) is 3.45. The van der Waals surface area contributed by atoms with Gasteiger partial charge >= 0.3 is 5.76 Å². The SMILES string of the molecule is O=C(Cn1nc(-c2ccccc2)oc1=O)NCC(c1ccco1)N1CCCC1. The van der Waals surface area contributed by atoms with E-state index in [0.717, 1.165) is 36.4 Å². The first-order valence-electron chi connectivity index (χ1n) is 9.38. The lowest BCUT2D eigenvalue weighted by atomic mass is 10.2. The van der Waals surface area contributed by atoms with Crippen LogP contribution in [-0.4, -0.2) is 40.2 Å². The number of carbonyl (C=O) groups excluding carboxylic acids is 1. The Balaban J connectivity index is 1.40. The van der Waals surface area contributed by atoms with Gasteiger partial charge in [-0.3, -0.25) is 9.69 Å². The van der Waals surface area contributed by atoms with Gasteiger partial charge in [0, 0.05) is 12.1 Å². The lowest BCUT2D eigenvalue weighted by Crippen LogP contribution is -2.39. The van der Waals surface area contributed by atoms with Crippen LogP contribution in [0.15, 0.2) is 62.4 Å². The van der Waals surface area contributed by atoms with Crippen molar-refractivity contribution in [2.75, 3.05) is 19.6 Å². The minimum atomic E-state index is -0.656. The third kappa shape index (κ3) is 4.07. The molecule has 0 spiro atoms. The van der Waals surface area contributed by atoms with Crippen LogP contribution >= 0.6 is 0 Å². The van der Waals surface area contributed by atoms with Gasteiger partial charge in [-0.05, 0) is 50.2 Å². The number of hydrogen-bond acceptors (Lipinski definition) is 6. The molecule has 1 unspecified atom stereocenters. The Kier molecular flexibility index (Phi) is 5.38. The lowest BCUT2D eigenvalue weighted by Gasteiger charge is -2.25. The van der Waals surface area contributed by atoms with Crippen LogP contribution in [0.2, 0.25) is 0 Å². The summed E-state index contributed by atoms with van der Waals surface area (Å²) in [7, 11) is 0. The molecule has 1 aliphatic heterocycles. The first-order valence-corrected chi connectivity index (χ1v) is 9.38. The maximum atomic E-state index is 12.4. The molecule has 8 heteroatoms. The van der Waals surface area contributed by atoms with Gasteiger partial charge in [0.2, 0.25) is 11.8 Å². The van der Waals surface area contributed by atoms with Crippen molar-refractivity contribution in [3.63, 3.8) is 0 Å². The zero-order valence-electron chi connectivity index (χ0n) is 15.4. The topological polar surface area (TPSA) is 93.5 Å². The molecule has 1 saturated heterocycles. The highest BCUT2D eigenvalue weighted by molar-refractivity contribution is 5.75. The van der Waals surface area contributed by atoms with Crippen LogP contribution in [0.25, 0.3) is 11.5 Å². The minimum absolute atomic E-state index is 0.0182. The van der Waals surface area contributed by atoms with Crippen molar-refractivity contribution < 1.29 is 13.6 Å². The summed E-state index contributed by atoms with van der Waals surface area (Å²) in [5, 5.41) is 7.01. The molecule has 0 aliphatic carbocycles. The number of nitrogens with one attached hydrogen (secondary N) is 1. The van der Waals surface area contributed by atoms with E-state index in [4.69, 9.17) is 8.83 Å². The Morgan fingerprint density at radius 2 is 1.93 bits per heavy atom. The van der Waals surface area contributed by atoms with Crippen LogP contribution in [0.1, 0.15) is 24.6 Å². The molecule has 4 rings (SSSR count). The van der Waals surface area contributed by atoms with Crippen LogP contribution in [0.3, 0.4) is 0 Å². The Bertz CT molecular complexity index is 956. The van der Waals surface area contributed by atoms with Gasteiger partial charge < -0.3 is 14.2 Å². The molecule has 28 heavy (non-hydrogen) atoms. The smallest absolute Gasteiger partial charge is 0.437 e. The highest BCUT2D eigenvalue weighted by atomic mass is 16.4. The standard InChI is InChI=1S/C20H22N4O4/c25-18(14-24-20(26)28-19(22-24)15-7-2-1-3-8-15)21-13-16(17-9-6-12-27-17)23-10-4-5-11-23/h1-3,6-9,12,16H,4-5,10-11,13-14H2,(H,21,25). The van der Waals surface area contributed by atoms with Gasteiger partial charge in [-0.1, -0.05) is 18.2 Å². The molecule has 0 radical (unpaired) electrons. The van der Waals surface area contributed by atoms with Crippen LogP contribution in [0.4, 0.5) is 0 Å². The van der Waals surface area contributed by atoms with Crippen LogP contribution in [0, 0.1) is 0 Å². The van der Waals surface area contributed by atoms with Crippen molar-refractivity contribution in [2.24, 2.45) is 0 Å². The summed E-state index contributed by atoms with van der Waals surface area (Å²) in [5.74, 6) is 0.0676. The summed E-state index contributed by atoms with van der Waals surface area (Å²) in [5.41, 5.74) is 0.686. The number of aromatic nitrogens is 2. The van der Waals surface area contributed by atoms with Crippen molar-refractivity contribution in [3.8, 4) is 11.5 Å². The van der Waals surface area contributed by atoms with E-state index >= 15 is 0 Å². The van der Waals surface area contributed by atoms with E-state index < -0.39 is 5.76 Å². The molecular formula is C20H22N4O4. The van der Waals surface area contributed by atoms with Gasteiger partial charge in [0.15, 0.2) is 0 Å². The lowest BCUT2D eigenvalue weighted by molar-refractivity contribution is -0.122. The first-order chi connectivity index (χ1) is 13.7. The quantitative estimate of drug-likeness (QED) is 0.672. The number of amides is 1. The Hall–Kier alpha value is -3.13. The first kappa shape index (κ1) is 18.2. The largest absolute Gasteiger partial charge is 0.468 e. The highest BCUT2D eigenvalue weighted by Crippen LogP contribution is 2.24. The van der Waals surface area contributed by atoms with E-state index in [1.807, 2.05) is 30.3 Å². The number of nitrogens with zero attached hydrogens (tertiary/aromatic N) is 3. The maximum Gasteiger partial charge on any atom is 0.437 e. The molecule has 0 bridgehead atoms. The summed E-state index contributed by atoms with van der Waals surface area (Å²) < 4.78 is 11.8. The van der Waals surface area contributed by atoms with Crippen molar-refractivity contribution >= 4 is 5.91 Å². The van der Waals surface area contributed by atoms with Crippen molar-refractivity contribution in [1.82, 2.24) is 20.0 Å². The second kappa shape index (κ2) is 8.26. The van der Waals surface area contributed by atoms with Gasteiger partial charge in [0.25, 0.3) is 0 Å². The van der Waals surface area contributed by atoms with Crippen LogP contribution in [-0.2, 0) is 11.3 Å². The Morgan fingerprint density at radius 3 is 2.64 bits per heavy atom. The van der Waals surface area contributed by atoms with Gasteiger partial charge in [-0.2, -0.15) is 4.68 Å². The van der Waals surface area contributed by atoms with E-state index in [9.17, 15) is 9.59 Å². The van der Waals surface area contributed by atoms with E-state index in [1.165, 1.54) is 0 Å². The molecule has 0 saturated carbocycles. The number of carbonyl (C=O) groups is 1. The predicted molar refractivity (Wildman–Crippen MR) is 101 cm³/mol. The molecule has 1 N–H and O–H groups in total. The third-order valence-corrected chi connectivity index (χ3v) is 4.87. The average molecular weight is 382 g/mol. The molecule has 1 aromatic carbocycles. The molecule has 146 valence electrons. The average Bonchev–Trinajstić information content (AvgIpc) is 3.47. The number of rotatable bonds is 7. The molecule has 8 nitrogen and oxygen atoms in total. The molecule has 1 aliphatic rings. The minimum Gasteiger partial charge on any atom is -0.468 e. The third-order valence-electron chi connectivity index (χ3n) is 4.87. The molecule has 1 fully saturated rings. The summed E-state index contributed by atoms with van der Waals surface area (Å²) >= 11 is 0. The van der Waals surface area contributed by atoms with Gasteiger partial charge in [0.05, 0.1) is 12.3 Å². The van der Waals surface area contributed by atoms with Gasteiger partial charge in [0.1, 0.15) is 12.3 Å². The number of furan rings is 1. The van der Waals surface area contributed by atoms with Crippen molar-refractivity contribution in [1.29, 1.82) is 0 Å². The molecule has 1 atom stereocenters. The molecule has 2 aromatic heterocycles.